The van der Waals surface area contributed by atoms with Crippen molar-refractivity contribution in [2.45, 2.75) is 26.2 Å². The zero-order chi connectivity index (χ0) is 81.2. The molecule has 6 heterocycles. The Bertz CT molecular complexity index is 7420. The largest absolute Gasteiger partial charge is 0.309 e. The Morgan fingerprint density at radius 2 is 0.664 bits per heavy atom. The molecule has 6 aromatic heterocycles. The maximum Gasteiger partial charge on any atom is 0.164 e. The Labute approximate surface area is 723 Å². The maximum atomic E-state index is 5.00. The van der Waals surface area contributed by atoms with Gasteiger partial charge in [0.25, 0.3) is 0 Å². The van der Waals surface area contributed by atoms with Crippen LogP contribution in [0.25, 0.3) is 184 Å². The Morgan fingerprint density at radius 3 is 1.20 bits per heavy atom. The fraction of sp³-hybridized carbons (Fsp3) is 0.0354. The first kappa shape index (κ1) is 76.8. The van der Waals surface area contributed by atoms with Gasteiger partial charge in [0.2, 0.25) is 0 Å². The number of pyridine rings is 2. The minimum Gasteiger partial charge on any atom is -0.309 e. The molecule has 0 saturated carbocycles. The van der Waals surface area contributed by atoms with Crippen LogP contribution in [-0.4, -0.2) is 38.6 Å². The van der Waals surface area contributed by atoms with Crippen LogP contribution >= 0.6 is 0 Å². The van der Waals surface area contributed by atoms with E-state index in [-0.39, 0.29) is 25.5 Å². The molecular formula is C113H80IrN8-2. The molecule has 0 bridgehead atoms. The van der Waals surface area contributed by atoms with E-state index in [1.807, 2.05) is 152 Å². The standard InChI is InChI=1S/C42H30N4.C42H28N2.C18H14N.C11H8N.Ir/c1-42(2)35-22-11-9-20-31(35)33-25-34-32-21-10-12-23-37(32)46(38(34)26-36(33)42)30-19-13-18-29(24-30)41-44-39(27-14-5-3-6-15-27)43-40(45-41)28-16-7-4-8-17-28;1-3-12-29(13-4-1)30-14-11-17-34(26-30)44-40-21-10-8-19-36(40)38-28-32(23-25-42(38)44)31-22-24-41-37(27-31)35-18-7-9-20-39(35)43(41)33-15-5-2-6-16-33;1-14-12-18(16-10-6-3-7-11-16)19-13-17(14)15-8-4-2-5-9-15;1-2-6-10(7-3-1)11-8-4-5-9-12-11;/h3-26H,1-2H3;1-28H;2-10,12-13H,1H3;1-6,8-9H;/q;;2*-1;. The number of rotatable bonds is 11. The zero-order valence-electron chi connectivity index (χ0n) is 67.4. The SMILES string of the molecule is CC1(C)c2ccccc2-c2cc3c4ccccc4n(-c4cccc(-c5nc(-c6ccccc6)nc(-c6ccccc6)n5)c4)c3cc21.Cc1cc(-c2[c-]cccc2)ncc1-c1ccccc1.[Ir].[c-]1ccccc1-c1ccccn1.c1ccc(-c2cccc(-n3c4ccccc4c4cc(-c5ccc6c(c5)c5ccccc5n6-c5ccccc5)ccc43)c2)cc1. The van der Waals surface area contributed by atoms with Gasteiger partial charge in [-0.15, -0.1) is 71.8 Å². The van der Waals surface area contributed by atoms with Gasteiger partial charge >= 0.3 is 0 Å². The van der Waals surface area contributed by atoms with Crippen molar-refractivity contribution in [3.8, 4) is 118 Å². The van der Waals surface area contributed by atoms with Crippen molar-refractivity contribution in [3.63, 3.8) is 0 Å². The molecule has 0 spiro atoms. The van der Waals surface area contributed by atoms with Crippen molar-refractivity contribution in [2.75, 3.05) is 0 Å². The summed E-state index contributed by atoms with van der Waals surface area (Å²) in [5.74, 6) is 1.96. The molecule has 0 fully saturated rings. The summed E-state index contributed by atoms with van der Waals surface area (Å²) in [6, 6.07) is 153. The molecule has 122 heavy (non-hydrogen) atoms. The minimum atomic E-state index is -0.0875. The molecule has 9 heteroatoms. The van der Waals surface area contributed by atoms with Gasteiger partial charge in [-0.1, -0.05) is 287 Å². The Balaban J connectivity index is 0.000000119. The van der Waals surface area contributed by atoms with Crippen molar-refractivity contribution in [1.29, 1.82) is 0 Å². The third-order valence-electron chi connectivity index (χ3n) is 23.2. The van der Waals surface area contributed by atoms with Crippen LogP contribution in [0.1, 0.15) is 30.5 Å². The number of para-hydroxylation sites is 4. The van der Waals surface area contributed by atoms with Gasteiger partial charge in [-0.2, -0.15) is 0 Å². The van der Waals surface area contributed by atoms with Gasteiger partial charge in [0.15, 0.2) is 17.5 Å². The van der Waals surface area contributed by atoms with E-state index in [2.05, 4.69) is 330 Å². The summed E-state index contributed by atoms with van der Waals surface area (Å²) < 4.78 is 7.16. The van der Waals surface area contributed by atoms with Gasteiger partial charge in [0, 0.05) is 110 Å². The van der Waals surface area contributed by atoms with Gasteiger partial charge in [0.1, 0.15) is 0 Å². The quantitative estimate of drug-likeness (QED) is 0.121. The van der Waals surface area contributed by atoms with E-state index in [1.165, 1.54) is 138 Å². The fourth-order valence-electron chi connectivity index (χ4n) is 17.3. The Hall–Kier alpha value is -15.1. The Morgan fingerprint density at radius 1 is 0.254 bits per heavy atom. The van der Waals surface area contributed by atoms with Gasteiger partial charge in [-0.25, -0.2) is 15.0 Å². The second kappa shape index (κ2) is 33.7. The smallest absolute Gasteiger partial charge is 0.164 e. The van der Waals surface area contributed by atoms with Gasteiger partial charge in [0.05, 0.1) is 33.1 Å². The summed E-state index contributed by atoms with van der Waals surface area (Å²) in [6.45, 7) is 6.80. The second-order valence-corrected chi connectivity index (χ2v) is 31.0. The van der Waals surface area contributed by atoms with Crippen LogP contribution in [0.3, 0.4) is 0 Å². The average Bonchev–Trinajstić information content (AvgIpc) is 1.55. The molecule has 0 N–H and O–H groups in total. The number of aromatic nitrogens is 8. The molecule has 0 unspecified atom stereocenters. The normalized spacial score (nSPS) is 11.7. The summed E-state index contributed by atoms with van der Waals surface area (Å²) in [7, 11) is 0. The van der Waals surface area contributed by atoms with E-state index in [4.69, 9.17) is 15.0 Å². The third-order valence-corrected chi connectivity index (χ3v) is 23.2. The van der Waals surface area contributed by atoms with Crippen LogP contribution in [-0.2, 0) is 25.5 Å². The Kier molecular flexibility index (Phi) is 21.2. The van der Waals surface area contributed by atoms with Crippen molar-refractivity contribution in [1.82, 2.24) is 38.6 Å². The van der Waals surface area contributed by atoms with Crippen LogP contribution in [0.5, 0.6) is 0 Å². The van der Waals surface area contributed by atoms with Crippen molar-refractivity contribution in [3.05, 3.63) is 460 Å². The monoisotopic (exact) mass is 1740 g/mol. The predicted molar refractivity (Wildman–Crippen MR) is 501 cm³/mol. The van der Waals surface area contributed by atoms with E-state index in [9.17, 15) is 0 Å². The first-order valence-electron chi connectivity index (χ1n) is 41.0. The molecule has 0 aliphatic heterocycles. The summed E-state index contributed by atoms with van der Waals surface area (Å²) in [4.78, 5) is 23.7. The number of benzene rings is 16. The molecule has 583 valence electrons. The molecule has 22 aromatic rings. The van der Waals surface area contributed by atoms with Crippen molar-refractivity contribution in [2.24, 2.45) is 0 Å². The number of aryl methyl sites for hydroxylation is 1. The van der Waals surface area contributed by atoms with Gasteiger partial charge in [-0.3, -0.25) is 0 Å². The molecule has 0 atom stereocenters. The maximum absolute atomic E-state index is 5.00. The number of hydrogen-bond donors (Lipinski definition) is 0. The van der Waals surface area contributed by atoms with Crippen LogP contribution < -0.4 is 0 Å². The van der Waals surface area contributed by atoms with E-state index < -0.39 is 0 Å². The van der Waals surface area contributed by atoms with E-state index in [1.54, 1.807) is 6.20 Å². The first-order chi connectivity index (χ1) is 59.7. The van der Waals surface area contributed by atoms with Gasteiger partial charge < -0.3 is 23.7 Å². The van der Waals surface area contributed by atoms with E-state index in [0.29, 0.717) is 17.5 Å². The second-order valence-electron chi connectivity index (χ2n) is 31.0. The first-order valence-corrected chi connectivity index (χ1v) is 41.0. The summed E-state index contributed by atoms with van der Waals surface area (Å²) >= 11 is 0. The number of fused-ring (bicyclic) bond motifs is 12. The zero-order valence-corrected chi connectivity index (χ0v) is 69.8. The minimum absolute atomic E-state index is 0. The van der Waals surface area contributed by atoms with Crippen molar-refractivity contribution < 1.29 is 20.1 Å². The van der Waals surface area contributed by atoms with Gasteiger partial charge in [-0.05, 0) is 171 Å². The topological polar surface area (TPSA) is 79.2 Å². The summed E-state index contributed by atoms with van der Waals surface area (Å²) in [6.07, 6.45) is 3.73. The molecule has 23 rings (SSSR count). The summed E-state index contributed by atoms with van der Waals surface area (Å²) in [5, 5.41) is 7.55. The van der Waals surface area contributed by atoms with Crippen LogP contribution in [0.2, 0.25) is 0 Å². The average molecular weight is 1740 g/mol. The molecule has 0 saturated heterocycles. The molecule has 8 nitrogen and oxygen atoms in total. The van der Waals surface area contributed by atoms with Crippen LogP contribution in [0, 0.1) is 19.1 Å². The van der Waals surface area contributed by atoms with Crippen molar-refractivity contribution >= 4 is 65.4 Å². The molecule has 1 aliphatic carbocycles. The fourth-order valence-corrected chi connectivity index (χ4v) is 17.3. The van der Waals surface area contributed by atoms with E-state index >= 15 is 0 Å². The number of nitrogens with zero attached hydrogens (tertiary/aromatic N) is 8. The molecule has 0 amide bonds. The number of hydrogen-bond acceptors (Lipinski definition) is 5. The molecule has 1 radical (unpaired) electrons. The van der Waals surface area contributed by atoms with E-state index in [0.717, 1.165) is 44.9 Å². The van der Waals surface area contributed by atoms with Crippen LogP contribution in [0.15, 0.2) is 431 Å². The predicted octanol–water partition coefficient (Wildman–Crippen LogP) is 28.6. The van der Waals surface area contributed by atoms with Crippen LogP contribution in [0.4, 0.5) is 0 Å². The molecular weight excluding hydrogens is 1660 g/mol. The summed E-state index contributed by atoms with van der Waals surface area (Å²) in [5.41, 5.74) is 31.3. The molecule has 1 aliphatic rings. The third kappa shape index (κ3) is 14.9. The molecule has 16 aromatic carbocycles.